The number of nitrogens with zero attached hydrogens (tertiary/aromatic N) is 2. The van der Waals surface area contributed by atoms with Gasteiger partial charge in [-0.2, -0.15) is 0 Å². The summed E-state index contributed by atoms with van der Waals surface area (Å²) in [5, 5.41) is 3.63. The Bertz CT molecular complexity index is 1190. The summed E-state index contributed by atoms with van der Waals surface area (Å²) >= 11 is 0. The van der Waals surface area contributed by atoms with E-state index in [9.17, 15) is 9.59 Å². The maximum absolute atomic E-state index is 12.8. The number of para-hydroxylation sites is 2. The van der Waals surface area contributed by atoms with Crippen LogP contribution >= 0.6 is 0 Å². The zero-order valence-electron chi connectivity index (χ0n) is 14.4. The summed E-state index contributed by atoms with van der Waals surface area (Å²) < 4.78 is 6.95. The number of furan rings is 1. The zero-order chi connectivity index (χ0) is 18.3. The van der Waals surface area contributed by atoms with Crippen molar-refractivity contribution in [1.82, 2.24) is 9.55 Å². The lowest BCUT2D eigenvalue weighted by atomic mass is 10.2. The summed E-state index contributed by atoms with van der Waals surface area (Å²) in [6.45, 7) is 3.57. The van der Waals surface area contributed by atoms with Crippen molar-refractivity contribution >= 4 is 33.7 Å². The highest BCUT2D eigenvalue weighted by Gasteiger charge is 2.20. The standard InChI is InChI=1S/C20H17N3O3/c1-12-7-3-5-9-15(12)22-19(24)13(2)23-11-21-17-14-8-4-6-10-16(14)26-18(17)20(23)25/h3-11,13H,1-2H3,(H,22,24)/t13-/m1/s1. The number of amides is 1. The number of fused-ring (bicyclic) bond motifs is 3. The molecule has 26 heavy (non-hydrogen) atoms. The highest BCUT2D eigenvalue weighted by molar-refractivity contribution is 6.02. The molecule has 6 nitrogen and oxygen atoms in total. The van der Waals surface area contributed by atoms with Crippen molar-refractivity contribution < 1.29 is 9.21 Å². The number of carbonyl (C=O) groups is 1. The van der Waals surface area contributed by atoms with Crippen LogP contribution in [0.3, 0.4) is 0 Å². The fourth-order valence-corrected chi connectivity index (χ4v) is 2.95. The summed E-state index contributed by atoms with van der Waals surface area (Å²) in [7, 11) is 0. The first kappa shape index (κ1) is 16.1. The second kappa shape index (κ2) is 6.15. The summed E-state index contributed by atoms with van der Waals surface area (Å²) in [6.07, 6.45) is 1.40. The molecule has 0 saturated carbocycles. The maximum atomic E-state index is 12.8. The molecule has 4 aromatic rings. The predicted molar refractivity (Wildman–Crippen MR) is 100 cm³/mol. The van der Waals surface area contributed by atoms with Crippen LogP contribution in [0.1, 0.15) is 18.5 Å². The molecule has 2 aromatic heterocycles. The van der Waals surface area contributed by atoms with Crippen molar-refractivity contribution in [2.75, 3.05) is 5.32 Å². The Hall–Kier alpha value is -3.41. The van der Waals surface area contributed by atoms with E-state index in [0.29, 0.717) is 11.1 Å². The number of hydrogen-bond acceptors (Lipinski definition) is 4. The van der Waals surface area contributed by atoms with Gasteiger partial charge in [0.15, 0.2) is 0 Å². The Labute approximate surface area is 149 Å². The van der Waals surface area contributed by atoms with Crippen molar-refractivity contribution in [3.8, 4) is 0 Å². The molecule has 4 rings (SSSR count). The average molecular weight is 347 g/mol. The van der Waals surface area contributed by atoms with Gasteiger partial charge in [-0.05, 0) is 37.6 Å². The molecule has 0 radical (unpaired) electrons. The third kappa shape index (κ3) is 2.56. The van der Waals surface area contributed by atoms with Crippen LogP contribution in [-0.2, 0) is 4.79 Å². The third-order valence-electron chi connectivity index (χ3n) is 4.51. The first-order chi connectivity index (χ1) is 12.6. The van der Waals surface area contributed by atoms with Gasteiger partial charge < -0.3 is 9.73 Å². The van der Waals surface area contributed by atoms with Gasteiger partial charge in [-0.15, -0.1) is 0 Å². The molecule has 2 aromatic carbocycles. The van der Waals surface area contributed by atoms with Gasteiger partial charge >= 0.3 is 0 Å². The molecule has 1 N–H and O–H groups in total. The van der Waals surface area contributed by atoms with Crippen molar-refractivity contribution in [3.63, 3.8) is 0 Å². The quantitative estimate of drug-likeness (QED) is 0.614. The third-order valence-corrected chi connectivity index (χ3v) is 4.51. The number of nitrogens with one attached hydrogen (secondary N) is 1. The molecule has 0 aliphatic heterocycles. The number of benzene rings is 2. The molecule has 0 bridgehead atoms. The van der Waals surface area contributed by atoms with E-state index in [1.54, 1.807) is 13.0 Å². The van der Waals surface area contributed by atoms with Crippen molar-refractivity contribution in [1.29, 1.82) is 0 Å². The van der Waals surface area contributed by atoms with Gasteiger partial charge in [-0.25, -0.2) is 4.98 Å². The van der Waals surface area contributed by atoms with Crippen molar-refractivity contribution in [2.24, 2.45) is 0 Å². The van der Waals surface area contributed by atoms with Crippen LogP contribution in [0.2, 0.25) is 0 Å². The molecule has 6 heteroatoms. The zero-order valence-corrected chi connectivity index (χ0v) is 14.4. The van der Waals surface area contributed by atoms with Gasteiger partial charge in [0.25, 0.3) is 5.56 Å². The second-order valence-electron chi connectivity index (χ2n) is 6.21. The highest BCUT2D eigenvalue weighted by Crippen LogP contribution is 2.24. The fraction of sp³-hybridized carbons (Fsp3) is 0.150. The van der Waals surface area contributed by atoms with Gasteiger partial charge in [0, 0.05) is 11.1 Å². The molecule has 0 spiro atoms. The smallest absolute Gasteiger partial charge is 0.297 e. The normalized spacial score (nSPS) is 12.4. The van der Waals surface area contributed by atoms with Crippen LogP contribution in [0, 0.1) is 6.92 Å². The number of anilines is 1. The van der Waals surface area contributed by atoms with Crippen molar-refractivity contribution in [3.05, 3.63) is 70.8 Å². The Morgan fingerprint density at radius 2 is 1.88 bits per heavy atom. The fourth-order valence-electron chi connectivity index (χ4n) is 2.95. The van der Waals surface area contributed by atoms with Crippen LogP contribution in [0.25, 0.3) is 22.1 Å². The van der Waals surface area contributed by atoms with E-state index in [1.165, 1.54) is 10.9 Å². The maximum Gasteiger partial charge on any atom is 0.297 e. The van der Waals surface area contributed by atoms with E-state index in [0.717, 1.165) is 16.6 Å². The molecular weight excluding hydrogens is 330 g/mol. The largest absolute Gasteiger partial charge is 0.448 e. The molecule has 1 atom stereocenters. The minimum Gasteiger partial charge on any atom is -0.448 e. The lowest BCUT2D eigenvalue weighted by Crippen LogP contribution is -2.31. The van der Waals surface area contributed by atoms with E-state index >= 15 is 0 Å². The number of aromatic nitrogens is 2. The molecule has 0 saturated heterocycles. The first-order valence-corrected chi connectivity index (χ1v) is 8.31. The average Bonchev–Trinajstić information content (AvgIpc) is 3.03. The Morgan fingerprint density at radius 1 is 1.15 bits per heavy atom. The molecular formula is C20H17N3O3. The predicted octanol–water partition coefficient (Wildman–Crippen LogP) is 3.65. The summed E-state index contributed by atoms with van der Waals surface area (Å²) in [5.74, 6) is -0.293. The summed E-state index contributed by atoms with van der Waals surface area (Å²) in [6, 6.07) is 14.1. The van der Waals surface area contributed by atoms with Crippen molar-refractivity contribution in [2.45, 2.75) is 19.9 Å². The minimum absolute atomic E-state index is 0.157. The van der Waals surface area contributed by atoms with Crippen LogP contribution in [0.15, 0.2) is 64.1 Å². The Morgan fingerprint density at radius 3 is 2.69 bits per heavy atom. The Kier molecular flexibility index (Phi) is 3.80. The van der Waals surface area contributed by atoms with Crippen LogP contribution in [0.5, 0.6) is 0 Å². The molecule has 0 unspecified atom stereocenters. The second-order valence-corrected chi connectivity index (χ2v) is 6.21. The van der Waals surface area contributed by atoms with Crippen LogP contribution < -0.4 is 10.9 Å². The van der Waals surface area contributed by atoms with E-state index in [-0.39, 0.29) is 17.0 Å². The van der Waals surface area contributed by atoms with Gasteiger partial charge in [0.05, 0.1) is 6.33 Å². The lowest BCUT2D eigenvalue weighted by Gasteiger charge is -2.15. The molecule has 0 aliphatic rings. The number of aryl methyl sites for hydroxylation is 1. The molecule has 2 heterocycles. The number of hydrogen-bond donors (Lipinski definition) is 1. The monoisotopic (exact) mass is 347 g/mol. The topological polar surface area (TPSA) is 77.1 Å². The van der Waals surface area contributed by atoms with Gasteiger partial charge in [0.2, 0.25) is 11.5 Å². The van der Waals surface area contributed by atoms with Gasteiger partial charge in [-0.1, -0.05) is 30.3 Å². The summed E-state index contributed by atoms with van der Waals surface area (Å²) in [5.41, 5.74) is 2.56. The van der Waals surface area contributed by atoms with Crippen LogP contribution in [0.4, 0.5) is 5.69 Å². The van der Waals surface area contributed by atoms with Gasteiger partial charge in [-0.3, -0.25) is 14.2 Å². The van der Waals surface area contributed by atoms with Gasteiger partial charge in [0.1, 0.15) is 17.1 Å². The molecule has 1 amide bonds. The molecule has 130 valence electrons. The number of rotatable bonds is 3. The van der Waals surface area contributed by atoms with E-state index in [2.05, 4.69) is 10.3 Å². The molecule has 0 fully saturated rings. The van der Waals surface area contributed by atoms with E-state index in [4.69, 9.17) is 4.42 Å². The van der Waals surface area contributed by atoms with Crippen LogP contribution in [-0.4, -0.2) is 15.5 Å². The van der Waals surface area contributed by atoms with E-state index < -0.39 is 6.04 Å². The Balaban J connectivity index is 1.73. The SMILES string of the molecule is Cc1ccccc1NC(=O)[C@@H](C)n1cnc2c(oc3ccccc32)c1=O. The van der Waals surface area contributed by atoms with E-state index in [1.807, 2.05) is 49.4 Å². The first-order valence-electron chi connectivity index (χ1n) is 8.31. The highest BCUT2D eigenvalue weighted by atomic mass is 16.3. The number of carbonyl (C=O) groups excluding carboxylic acids is 1. The molecule has 0 aliphatic carbocycles. The lowest BCUT2D eigenvalue weighted by molar-refractivity contribution is -0.118. The summed E-state index contributed by atoms with van der Waals surface area (Å²) in [4.78, 5) is 29.8. The minimum atomic E-state index is -0.729.